The number of rotatable bonds is 3. The number of hydrogen-bond acceptors (Lipinski definition) is 3. The minimum atomic E-state index is -0.941. The van der Waals surface area contributed by atoms with E-state index < -0.39 is 5.41 Å². The first kappa shape index (κ1) is 8.75. The quantitative estimate of drug-likeness (QED) is 0.592. The van der Waals surface area contributed by atoms with Crippen molar-refractivity contribution >= 4 is 5.91 Å². The smallest absolute Gasteiger partial charge is 0.245 e. The Morgan fingerprint density at radius 1 is 1.83 bits per heavy atom. The summed E-state index contributed by atoms with van der Waals surface area (Å²) >= 11 is 0. The zero-order valence-corrected chi connectivity index (χ0v) is 6.67. The third-order valence-corrected chi connectivity index (χ3v) is 1.75. The van der Waals surface area contributed by atoms with E-state index in [9.17, 15) is 4.79 Å². The van der Waals surface area contributed by atoms with E-state index in [4.69, 9.17) is 10.00 Å². The lowest BCUT2D eigenvalue weighted by Gasteiger charge is -2.33. The van der Waals surface area contributed by atoms with Gasteiger partial charge in [0.1, 0.15) is 0 Å². The van der Waals surface area contributed by atoms with Crippen molar-refractivity contribution in [1.29, 1.82) is 5.26 Å². The van der Waals surface area contributed by atoms with E-state index in [-0.39, 0.29) is 19.1 Å². The van der Waals surface area contributed by atoms with Crippen molar-refractivity contribution in [2.24, 2.45) is 5.41 Å². The standard InChI is InChI=1S/C8H10N2O2/c1-2-3-10-7(11)8(4-9)5-12-6-8/h2H,1,3,5-6H2,(H,10,11). The minimum Gasteiger partial charge on any atom is -0.377 e. The molecule has 0 aromatic rings. The fourth-order valence-corrected chi connectivity index (χ4v) is 0.887. The molecule has 1 fully saturated rings. The van der Waals surface area contributed by atoms with Crippen molar-refractivity contribution in [2.45, 2.75) is 0 Å². The molecule has 0 aliphatic carbocycles. The van der Waals surface area contributed by atoms with E-state index >= 15 is 0 Å². The molecule has 12 heavy (non-hydrogen) atoms. The van der Waals surface area contributed by atoms with Crippen LogP contribution in [0.15, 0.2) is 12.7 Å². The fraction of sp³-hybridized carbons (Fsp3) is 0.500. The Hall–Kier alpha value is -1.34. The SMILES string of the molecule is C=CCNC(=O)C1(C#N)COC1. The lowest BCUT2D eigenvalue weighted by atomic mass is 9.87. The normalized spacial score (nSPS) is 18.6. The van der Waals surface area contributed by atoms with Crippen molar-refractivity contribution in [3.8, 4) is 6.07 Å². The maximum absolute atomic E-state index is 11.3. The Balaban J connectivity index is 2.50. The van der Waals surface area contributed by atoms with Crippen LogP contribution in [0, 0.1) is 16.7 Å². The third kappa shape index (κ3) is 1.31. The maximum atomic E-state index is 11.3. The lowest BCUT2D eigenvalue weighted by molar-refractivity contribution is -0.149. The molecule has 1 rings (SSSR count). The van der Waals surface area contributed by atoms with Crippen LogP contribution in [-0.4, -0.2) is 25.7 Å². The van der Waals surface area contributed by atoms with E-state index in [1.54, 1.807) is 6.08 Å². The Morgan fingerprint density at radius 3 is 2.83 bits per heavy atom. The highest BCUT2D eigenvalue weighted by Crippen LogP contribution is 2.26. The molecular weight excluding hydrogens is 156 g/mol. The van der Waals surface area contributed by atoms with Crippen LogP contribution in [0.5, 0.6) is 0 Å². The number of nitrogens with zero attached hydrogens (tertiary/aromatic N) is 1. The summed E-state index contributed by atoms with van der Waals surface area (Å²) in [7, 11) is 0. The summed E-state index contributed by atoms with van der Waals surface area (Å²) in [6, 6.07) is 1.95. The van der Waals surface area contributed by atoms with E-state index in [2.05, 4.69) is 11.9 Å². The van der Waals surface area contributed by atoms with Crippen LogP contribution in [-0.2, 0) is 9.53 Å². The first-order valence-corrected chi connectivity index (χ1v) is 3.63. The summed E-state index contributed by atoms with van der Waals surface area (Å²) in [5, 5.41) is 11.3. The zero-order valence-electron chi connectivity index (χ0n) is 6.67. The molecule has 0 aromatic carbocycles. The number of nitrogens with one attached hydrogen (secondary N) is 1. The first-order valence-electron chi connectivity index (χ1n) is 3.63. The average molecular weight is 166 g/mol. The van der Waals surface area contributed by atoms with Crippen LogP contribution in [0.2, 0.25) is 0 Å². The topological polar surface area (TPSA) is 62.1 Å². The van der Waals surface area contributed by atoms with Crippen LogP contribution < -0.4 is 5.32 Å². The van der Waals surface area contributed by atoms with Gasteiger partial charge in [-0.15, -0.1) is 6.58 Å². The van der Waals surface area contributed by atoms with Gasteiger partial charge in [-0.2, -0.15) is 5.26 Å². The molecule has 1 saturated heterocycles. The summed E-state index contributed by atoms with van der Waals surface area (Å²) in [6.45, 7) is 4.25. The number of hydrogen-bond donors (Lipinski definition) is 1. The van der Waals surface area contributed by atoms with Gasteiger partial charge in [0.25, 0.3) is 0 Å². The van der Waals surface area contributed by atoms with Gasteiger partial charge >= 0.3 is 0 Å². The molecule has 1 N–H and O–H groups in total. The number of ether oxygens (including phenoxy) is 1. The number of amides is 1. The van der Waals surface area contributed by atoms with Crippen molar-refractivity contribution in [3.05, 3.63) is 12.7 Å². The van der Waals surface area contributed by atoms with E-state index in [1.165, 1.54) is 0 Å². The summed E-state index contributed by atoms with van der Waals surface area (Å²) in [6.07, 6.45) is 1.57. The Labute approximate surface area is 70.8 Å². The van der Waals surface area contributed by atoms with Crippen molar-refractivity contribution in [2.75, 3.05) is 19.8 Å². The molecule has 0 radical (unpaired) electrons. The van der Waals surface area contributed by atoms with Gasteiger partial charge in [0, 0.05) is 6.54 Å². The minimum absolute atomic E-state index is 0.201. The second kappa shape index (κ2) is 3.37. The third-order valence-electron chi connectivity index (χ3n) is 1.75. The van der Waals surface area contributed by atoms with Gasteiger partial charge < -0.3 is 10.1 Å². The molecule has 0 atom stereocenters. The zero-order chi connectivity index (χ0) is 9.03. The summed E-state index contributed by atoms with van der Waals surface area (Å²) in [5.74, 6) is -0.267. The molecule has 0 unspecified atom stereocenters. The molecule has 4 nitrogen and oxygen atoms in total. The Morgan fingerprint density at radius 2 is 2.50 bits per heavy atom. The summed E-state index contributed by atoms with van der Waals surface area (Å²) < 4.78 is 4.82. The van der Waals surface area contributed by atoms with Gasteiger partial charge in [0.05, 0.1) is 19.3 Å². The molecule has 1 heterocycles. The molecule has 0 spiro atoms. The second-order valence-corrected chi connectivity index (χ2v) is 2.69. The van der Waals surface area contributed by atoms with Gasteiger partial charge in [-0.3, -0.25) is 4.79 Å². The van der Waals surface area contributed by atoms with Crippen molar-refractivity contribution < 1.29 is 9.53 Å². The Bertz CT molecular complexity index is 238. The highest BCUT2D eigenvalue weighted by molar-refractivity contribution is 5.86. The summed E-state index contributed by atoms with van der Waals surface area (Å²) in [5.41, 5.74) is -0.941. The van der Waals surface area contributed by atoms with Gasteiger partial charge in [-0.05, 0) is 0 Å². The molecule has 1 amide bonds. The van der Waals surface area contributed by atoms with Gasteiger partial charge in [-0.25, -0.2) is 0 Å². The van der Waals surface area contributed by atoms with Crippen LogP contribution in [0.1, 0.15) is 0 Å². The highest BCUT2D eigenvalue weighted by Gasteiger charge is 2.46. The molecule has 0 saturated carbocycles. The predicted molar refractivity (Wildman–Crippen MR) is 42.1 cm³/mol. The number of nitriles is 1. The maximum Gasteiger partial charge on any atom is 0.245 e. The molecule has 0 aromatic heterocycles. The molecular formula is C8H10N2O2. The van der Waals surface area contributed by atoms with Gasteiger partial charge in [0.15, 0.2) is 5.41 Å². The predicted octanol–water partition coefficient (Wildman–Crippen LogP) is -0.171. The van der Waals surface area contributed by atoms with E-state index in [0.717, 1.165) is 0 Å². The average Bonchev–Trinajstić information content (AvgIpc) is 2.00. The van der Waals surface area contributed by atoms with Crippen LogP contribution in [0.3, 0.4) is 0 Å². The lowest BCUT2D eigenvalue weighted by Crippen LogP contribution is -2.53. The molecule has 1 aliphatic heterocycles. The van der Waals surface area contributed by atoms with Crippen LogP contribution in [0.4, 0.5) is 0 Å². The fourth-order valence-electron chi connectivity index (χ4n) is 0.887. The number of carbonyl (C=O) groups is 1. The monoisotopic (exact) mass is 166 g/mol. The van der Waals surface area contributed by atoms with Gasteiger partial charge in [-0.1, -0.05) is 6.08 Å². The molecule has 1 aliphatic rings. The molecule has 64 valence electrons. The summed E-state index contributed by atoms with van der Waals surface area (Å²) in [4.78, 5) is 11.3. The van der Waals surface area contributed by atoms with E-state index in [0.29, 0.717) is 6.54 Å². The second-order valence-electron chi connectivity index (χ2n) is 2.69. The molecule has 4 heteroatoms. The number of carbonyl (C=O) groups excluding carboxylic acids is 1. The van der Waals surface area contributed by atoms with Crippen molar-refractivity contribution in [3.63, 3.8) is 0 Å². The van der Waals surface area contributed by atoms with Crippen LogP contribution in [0.25, 0.3) is 0 Å². The van der Waals surface area contributed by atoms with E-state index in [1.807, 2.05) is 6.07 Å². The largest absolute Gasteiger partial charge is 0.377 e. The van der Waals surface area contributed by atoms with Gasteiger partial charge in [0.2, 0.25) is 5.91 Å². The Kier molecular flexibility index (Phi) is 2.46. The van der Waals surface area contributed by atoms with Crippen LogP contribution >= 0.6 is 0 Å². The molecule has 0 bridgehead atoms. The highest BCUT2D eigenvalue weighted by atomic mass is 16.5. The first-order chi connectivity index (χ1) is 5.75. The van der Waals surface area contributed by atoms with Crippen molar-refractivity contribution in [1.82, 2.24) is 5.32 Å².